The third-order valence-electron chi connectivity index (χ3n) is 4.36. The van der Waals surface area contributed by atoms with Crippen molar-refractivity contribution in [1.29, 1.82) is 0 Å². The van der Waals surface area contributed by atoms with Gasteiger partial charge in [-0.1, -0.05) is 32.9 Å². The van der Waals surface area contributed by atoms with Gasteiger partial charge < -0.3 is 10.1 Å². The zero-order chi connectivity index (χ0) is 15.7. The highest BCUT2D eigenvalue weighted by atomic mass is 16.5. The van der Waals surface area contributed by atoms with Gasteiger partial charge in [0.25, 0.3) is 0 Å². The van der Waals surface area contributed by atoms with Gasteiger partial charge in [-0.15, -0.1) is 0 Å². The van der Waals surface area contributed by atoms with Gasteiger partial charge in [-0.3, -0.25) is 0 Å². The fourth-order valence-corrected chi connectivity index (χ4v) is 4.07. The number of carbonyl (C=O) groups excluding carboxylic acids is 1. The molecule has 3 heteroatoms. The lowest BCUT2D eigenvalue weighted by molar-refractivity contribution is -0.149. The van der Waals surface area contributed by atoms with Crippen molar-refractivity contribution in [3.8, 4) is 0 Å². The lowest BCUT2D eigenvalue weighted by atomic mass is 9.64. The van der Waals surface area contributed by atoms with E-state index < -0.39 is 5.54 Å². The number of rotatable bonds is 3. The smallest absolute Gasteiger partial charge is 0.331 e. The lowest BCUT2D eigenvalue weighted by Crippen LogP contribution is -2.54. The van der Waals surface area contributed by atoms with Crippen LogP contribution in [0.25, 0.3) is 0 Å². The first-order chi connectivity index (χ1) is 9.76. The van der Waals surface area contributed by atoms with E-state index in [-0.39, 0.29) is 11.4 Å². The van der Waals surface area contributed by atoms with Crippen molar-refractivity contribution in [3.63, 3.8) is 0 Å². The molecule has 1 aromatic rings. The Morgan fingerprint density at radius 3 is 2.62 bits per heavy atom. The summed E-state index contributed by atoms with van der Waals surface area (Å²) in [6.07, 6.45) is 2.75. The summed E-state index contributed by atoms with van der Waals surface area (Å²) < 4.78 is 5.14. The summed E-state index contributed by atoms with van der Waals surface area (Å²) in [7, 11) is 1.48. The fraction of sp³-hybridized carbons (Fsp3) is 0.611. The van der Waals surface area contributed by atoms with Crippen molar-refractivity contribution in [1.82, 2.24) is 0 Å². The van der Waals surface area contributed by atoms with Crippen LogP contribution in [0.3, 0.4) is 0 Å². The first-order valence-corrected chi connectivity index (χ1v) is 7.70. The van der Waals surface area contributed by atoms with Gasteiger partial charge in [-0.2, -0.15) is 0 Å². The minimum Gasteiger partial charge on any atom is -0.467 e. The number of aryl methyl sites for hydroxylation is 1. The maximum atomic E-state index is 12.5. The predicted molar refractivity (Wildman–Crippen MR) is 86.3 cm³/mol. The SMILES string of the molecule is COC(=O)C1(Nc2cccc(C)c2)CC(C)CC(C)(C)C1. The molecule has 0 spiro atoms. The molecule has 1 aromatic carbocycles. The van der Waals surface area contributed by atoms with E-state index in [1.165, 1.54) is 12.7 Å². The van der Waals surface area contributed by atoms with E-state index in [9.17, 15) is 4.79 Å². The standard InChI is InChI=1S/C18H27NO2/c1-13-7-6-8-15(9-13)19-18(16(20)21-5)11-14(2)10-17(3,4)12-18/h6-9,14,19H,10-12H2,1-5H3. The molecule has 0 heterocycles. The van der Waals surface area contributed by atoms with Crippen LogP contribution in [0.4, 0.5) is 5.69 Å². The molecule has 1 N–H and O–H groups in total. The summed E-state index contributed by atoms with van der Waals surface area (Å²) in [5.74, 6) is 0.341. The number of carbonyl (C=O) groups is 1. The third-order valence-corrected chi connectivity index (χ3v) is 4.36. The molecular formula is C18H27NO2. The molecule has 2 atom stereocenters. The monoisotopic (exact) mass is 289 g/mol. The van der Waals surface area contributed by atoms with E-state index >= 15 is 0 Å². The number of benzene rings is 1. The quantitative estimate of drug-likeness (QED) is 0.849. The number of ether oxygens (including phenoxy) is 1. The molecular weight excluding hydrogens is 262 g/mol. The fourth-order valence-electron chi connectivity index (χ4n) is 4.07. The number of esters is 1. The summed E-state index contributed by atoms with van der Waals surface area (Å²) in [4.78, 5) is 12.5. The lowest BCUT2D eigenvalue weighted by Gasteiger charge is -2.46. The van der Waals surface area contributed by atoms with Crippen LogP contribution in [0.5, 0.6) is 0 Å². The first kappa shape index (κ1) is 15.9. The molecule has 0 saturated heterocycles. The number of hydrogen-bond acceptors (Lipinski definition) is 3. The molecule has 0 radical (unpaired) electrons. The zero-order valence-electron chi connectivity index (χ0n) is 13.8. The van der Waals surface area contributed by atoms with E-state index in [1.54, 1.807) is 0 Å². The van der Waals surface area contributed by atoms with Gasteiger partial charge in [-0.25, -0.2) is 4.79 Å². The second-order valence-electron chi connectivity index (χ2n) is 7.42. The normalized spacial score (nSPS) is 28.0. The molecule has 0 aromatic heterocycles. The molecule has 0 amide bonds. The second kappa shape index (κ2) is 5.70. The summed E-state index contributed by atoms with van der Waals surface area (Å²) >= 11 is 0. The van der Waals surface area contributed by atoms with Crippen molar-refractivity contribution >= 4 is 11.7 Å². The summed E-state index contributed by atoms with van der Waals surface area (Å²) in [6.45, 7) is 8.75. The van der Waals surface area contributed by atoms with Crippen molar-refractivity contribution in [2.45, 2.75) is 52.5 Å². The third kappa shape index (κ3) is 3.58. The van der Waals surface area contributed by atoms with Crippen LogP contribution in [0.1, 0.15) is 45.6 Å². The summed E-state index contributed by atoms with van der Waals surface area (Å²) in [6, 6.07) is 8.17. The van der Waals surface area contributed by atoms with E-state index in [1.807, 2.05) is 12.1 Å². The van der Waals surface area contributed by atoms with Crippen molar-refractivity contribution < 1.29 is 9.53 Å². The van der Waals surface area contributed by atoms with Crippen LogP contribution < -0.4 is 5.32 Å². The molecule has 1 fully saturated rings. The number of hydrogen-bond donors (Lipinski definition) is 1. The maximum absolute atomic E-state index is 12.5. The average Bonchev–Trinajstić information content (AvgIpc) is 2.35. The molecule has 21 heavy (non-hydrogen) atoms. The van der Waals surface area contributed by atoms with Crippen LogP contribution in [0.15, 0.2) is 24.3 Å². The van der Waals surface area contributed by atoms with Gasteiger partial charge in [0, 0.05) is 5.69 Å². The van der Waals surface area contributed by atoms with Crippen LogP contribution in [-0.4, -0.2) is 18.6 Å². The molecule has 0 bridgehead atoms. The molecule has 2 unspecified atom stereocenters. The predicted octanol–water partition coefficient (Wildman–Crippen LogP) is 4.16. The molecule has 1 aliphatic rings. The molecule has 1 aliphatic carbocycles. The highest BCUT2D eigenvalue weighted by Gasteiger charge is 2.48. The van der Waals surface area contributed by atoms with Gasteiger partial charge in [0.15, 0.2) is 0 Å². The minimum absolute atomic E-state index is 0.128. The number of anilines is 1. The molecule has 1 saturated carbocycles. The van der Waals surface area contributed by atoms with E-state index in [2.05, 4.69) is 45.1 Å². The Bertz CT molecular complexity index is 524. The Morgan fingerprint density at radius 2 is 2.05 bits per heavy atom. The average molecular weight is 289 g/mol. The van der Waals surface area contributed by atoms with E-state index in [0.29, 0.717) is 5.92 Å². The molecule has 0 aliphatic heterocycles. The Labute approximate surface area is 128 Å². The molecule has 2 rings (SSSR count). The van der Waals surface area contributed by atoms with Crippen LogP contribution in [-0.2, 0) is 9.53 Å². The summed E-state index contributed by atoms with van der Waals surface area (Å²) in [5.41, 5.74) is 1.68. The zero-order valence-corrected chi connectivity index (χ0v) is 13.8. The van der Waals surface area contributed by atoms with E-state index in [4.69, 9.17) is 4.74 Å². The Kier molecular flexibility index (Phi) is 4.31. The van der Waals surface area contributed by atoms with Crippen molar-refractivity contribution in [2.24, 2.45) is 11.3 Å². The Balaban J connectivity index is 2.35. The highest BCUT2D eigenvalue weighted by Crippen LogP contribution is 2.45. The van der Waals surface area contributed by atoms with Gasteiger partial charge >= 0.3 is 5.97 Å². The van der Waals surface area contributed by atoms with Crippen molar-refractivity contribution in [2.75, 3.05) is 12.4 Å². The van der Waals surface area contributed by atoms with Gasteiger partial charge in [-0.05, 0) is 55.2 Å². The highest BCUT2D eigenvalue weighted by molar-refractivity contribution is 5.85. The first-order valence-electron chi connectivity index (χ1n) is 7.70. The van der Waals surface area contributed by atoms with Gasteiger partial charge in [0.2, 0.25) is 0 Å². The van der Waals surface area contributed by atoms with Crippen LogP contribution >= 0.6 is 0 Å². The minimum atomic E-state index is -0.621. The Hall–Kier alpha value is -1.51. The summed E-state index contributed by atoms with van der Waals surface area (Å²) in [5, 5.41) is 3.50. The second-order valence-corrected chi connectivity index (χ2v) is 7.42. The largest absolute Gasteiger partial charge is 0.467 e. The van der Waals surface area contributed by atoms with Gasteiger partial charge in [0.1, 0.15) is 5.54 Å². The maximum Gasteiger partial charge on any atom is 0.331 e. The van der Waals surface area contributed by atoms with Crippen LogP contribution in [0.2, 0.25) is 0 Å². The number of methoxy groups -OCH3 is 1. The Morgan fingerprint density at radius 1 is 1.33 bits per heavy atom. The van der Waals surface area contributed by atoms with E-state index in [0.717, 1.165) is 24.9 Å². The molecule has 116 valence electrons. The topological polar surface area (TPSA) is 38.3 Å². The number of nitrogens with one attached hydrogen (secondary N) is 1. The van der Waals surface area contributed by atoms with Crippen LogP contribution in [0, 0.1) is 18.3 Å². The van der Waals surface area contributed by atoms with Crippen molar-refractivity contribution in [3.05, 3.63) is 29.8 Å². The van der Waals surface area contributed by atoms with Gasteiger partial charge in [0.05, 0.1) is 7.11 Å². The molecule has 3 nitrogen and oxygen atoms in total.